The molecular formula is C55H32N4O2. The maximum absolute atomic E-state index is 6.62. The zero-order valence-electron chi connectivity index (χ0n) is 32.6. The summed E-state index contributed by atoms with van der Waals surface area (Å²) in [4.78, 5) is 16.1. The summed E-state index contributed by atoms with van der Waals surface area (Å²) in [6, 6.07) is 67.4. The van der Waals surface area contributed by atoms with Crippen molar-refractivity contribution in [2.75, 3.05) is 0 Å². The van der Waals surface area contributed by atoms with Crippen molar-refractivity contribution in [1.82, 2.24) is 19.5 Å². The molecule has 0 bridgehead atoms. The van der Waals surface area contributed by atoms with Crippen LogP contribution in [0.5, 0.6) is 0 Å². The van der Waals surface area contributed by atoms with E-state index in [9.17, 15) is 0 Å². The number of benzene rings is 9. The van der Waals surface area contributed by atoms with Gasteiger partial charge in [0.1, 0.15) is 22.3 Å². The Morgan fingerprint density at radius 2 is 0.934 bits per heavy atom. The van der Waals surface area contributed by atoms with Gasteiger partial charge >= 0.3 is 0 Å². The zero-order valence-corrected chi connectivity index (χ0v) is 32.6. The van der Waals surface area contributed by atoms with Crippen LogP contribution in [-0.4, -0.2) is 19.5 Å². The summed E-state index contributed by atoms with van der Waals surface area (Å²) in [6.45, 7) is 0. The van der Waals surface area contributed by atoms with Crippen LogP contribution in [-0.2, 0) is 0 Å². The van der Waals surface area contributed by atoms with E-state index in [0.717, 1.165) is 88.4 Å². The number of aromatic nitrogens is 4. The molecule has 6 nitrogen and oxygen atoms in total. The molecule has 13 rings (SSSR count). The van der Waals surface area contributed by atoms with Gasteiger partial charge in [-0.05, 0) is 76.5 Å². The molecule has 0 fully saturated rings. The summed E-state index contributed by atoms with van der Waals surface area (Å²) >= 11 is 0. The Kier molecular flexibility index (Phi) is 7.21. The molecule has 0 aliphatic heterocycles. The minimum absolute atomic E-state index is 0.527. The van der Waals surface area contributed by atoms with Crippen LogP contribution < -0.4 is 0 Å². The number of hydrogen-bond acceptors (Lipinski definition) is 5. The van der Waals surface area contributed by atoms with Crippen LogP contribution in [0.2, 0.25) is 0 Å². The number of hydrogen-bond donors (Lipinski definition) is 0. The standard InChI is InChI=1S/C55H32N4O2/c1-2-14-33(15-3-1)34-18-12-19-37(28-34)53-56-54(41-23-13-27-50-52(41)40-22-8-11-26-49(40)60-50)58-55(57-53)44-32-51-43(39-21-7-10-25-48(39)61-51)31-47(44)59-45-24-9-6-20-38(45)42-29-35-16-4-5-17-36(35)30-46(42)59/h1-32H. The van der Waals surface area contributed by atoms with Gasteiger partial charge in [-0.15, -0.1) is 0 Å². The fourth-order valence-electron chi connectivity index (χ4n) is 9.21. The Hall–Kier alpha value is -8.35. The fraction of sp³-hybridized carbons (Fsp3) is 0. The summed E-state index contributed by atoms with van der Waals surface area (Å²) in [6.07, 6.45) is 0. The van der Waals surface area contributed by atoms with E-state index >= 15 is 0 Å². The molecule has 0 aliphatic rings. The molecule has 4 heterocycles. The highest BCUT2D eigenvalue weighted by atomic mass is 16.3. The topological polar surface area (TPSA) is 69.9 Å². The average Bonchev–Trinajstić information content (AvgIpc) is 3.99. The molecule has 0 unspecified atom stereocenters. The molecule has 9 aromatic carbocycles. The summed E-state index contributed by atoms with van der Waals surface area (Å²) in [5.74, 6) is 1.64. The quantitative estimate of drug-likeness (QED) is 0.174. The highest BCUT2D eigenvalue weighted by Crippen LogP contribution is 2.43. The minimum Gasteiger partial charge on any atom is -0.456 e. The number of fused-ring (bicyclic) bond motifs is 10. The molecule has 4 aromatic heterocycles. The molecule has 6 heteroatoms. The van der Waals surface area contributed by atoms with E-state index in [1.807, 2.05) is 48.5 Å². The van der Waals surface area contributed by atoms with Crippen molar-refractivity contribution >= 4 is 76.5 Å². The van der Waals surface area contributed by atoms with Crippen molar-refractivity contribution in [3.05, 3.63) is 194 Å². The van der Waals surface area contributed by atoms with E-state index in [1.54, 1.807) is 0 Å². The normalized spacial score (nSPS) is 11.9. The molecule has 0 aliphatic carbocycles. The van der Waals surface area contributed by atoms with Gasteiger partial charge in [0, 0.05) is 49.0 Å². The Labute approximate surface area is 348 Å². The van der Waals surface area contributed by atoms with E-state index in [-0.39, 0.29) is 0 Å². The van der Waals surface area contributed by atoms with Gasteiger partial charge in [0.2, 0.25) is 0 Å². The average molecular weight is 781 g/mol. The third kappa shape index (κ3) is 5.26. The summed E-state index contributed by atoms with van der Waals surface area (Å²) in [5, 5.41) is 8.72. The fourth-order valence-corrected chi connectivity index (χ4v) is 9.21. The lowest BCUT2D eigenvalue weighted by atomic mass is 10.0. The number of nitrogens with zero attached hydrogens (tertiary/aromatic N) is 4. The molecule has 0 atom stereocenters. The molecule has 61 heavy (non-hydrogen) atoms. The molecule has 0 N–H and O–H groups in total. The van der Waals surface area contributed by atoms with Gasteiger partial charge in [-0.1, -0.05) is 140 Å². The highest BCUT2D eigenvalue weighted by Gasteiger charge is 2.24. The number of furan rings is 2. The molecular weight excluding hydrogens is 749 g/mol. The molecule has 0 saturated carbocycles. The van der Waals surface area contributed by atoms with Gasteiger partial charge in [0.05, 0.1) is 16.7 Å². The molecule has 0 saturated heterocycles. The van der Waals surface area contributed by atoms with E-state index in [2.05, 4.69) is 150 Å². The lowest BCUT2D eigenvalue weighted by Crippen LogP contribution is -2.04. The van der Waals surface area contributed by atoms with Crippen LogP contribution in [0.3, 0.4) is 0 Å². The van der Waals surface area contributed by atoms with Gasteiger partial charge in [0.25, 0.3) is 0 Å². The van der Waals surface area contributed by atoms with Gasteiger partial charge in [-0.3, -0.25) is 0 Å². The second-order valence-corrected chi connectivity index (χ2v) is 15.6. The van der Waals surface area contributed by atoms with Gasteiger partial charge in [0.15, 0.2) is 17.5 Å². The molecule has 284 valence electrons. The monoisotopic (exact) mass is 780 g/mol. The predicted molar refractivity (Wildman–Crippen MR) is 248 cm³/mol. The maximum atomic E-state index is 6.62. The SMILES string of the molecule is c1ccc(-c2cccc(-c3nc(-c4cc5oc6ccccc6c5cc4-n4c5ccccc5c5cc6ccccc6cc54)nc(-c4cccc5oc6ccccc6c45)n3)c2)cc1. The van der Waals surface area contributed by atoms with Crippen LogP contribution in [0.4, 0.5) is 0 Å². The lowest BCUT2D eigenvalue weighted by Gasteiger charge is -2.15. The first kappa shape index (κ1) is 33.6. The summed E-state index contributed by atoms with van der Waals surface area (Å²) < 4.78 is 15.4. The Bertz CT molecular complexity index is 3900. The van der Waals surface area contributed by atoms with E-state index in [1.165, 1.54) is 21.5 Å². The zero-order chi connectivity index (χ0) is 40.0. The van der Waals surface area contributed by atoms with Gasteiger partial charge < -0.3 is 13.4 Å². The second-order valence-electron chi connectivity index (χ2n) is 15.6. The van der Waals surface area contributed by atoms with Crippen LogP contribution in [0.25, 0.3) is 127 Å². The first-order valence-corrected chi connectivity index (χ1v) is 20.4. The lowest BCUT2D eigenvalue weighted by molar-refractivity contribution is 0.668. The number of para-hydroxylation sites is 3. The van der Waals surface area contributed by atoms with Crippen molar-refractivity contribution < 1.29 is 8.83 Å². The molecule has 0 amide bonds. The van der Waals surface area contributed by atoms with Crippen LogP contribution >= 0.6 is 0 Å². The number of rotatable bonds is 5. The Balaban J connectivity index is 1.15. The van der Waals surface area contributed by atoms with Crippen LogP contribution in [0.15, 0.2) is 203 Å². The third-order valence-corrected chi connectivity index (χ3v) is 12.0. The van der Waals surface area contributed by atoms with Gasteiger partial charge in [-0.2, -0.15) is 0 Å². The van der Waals surface area contributed by atoms with Crippen LogP contribution in [0, 0.1) is 0 Å². The second kappa shape index (κ2) is 13.1. The minimum atomic E-state index is 0.527. The molecule has 0 spiro atoms. The van der Waals surface area contributed by atoms with Crippen molar-refractivity contribution in [2.45, 2.75) is 0 Å². The van der Waals surface area contributed by atoms with Crippen molar-refractivity contribution in [3.63, 3.8) is 0 Å². The first-order valence-electron chi connectivity index (χ1n) is 20.4. The summed E-state index contributed by atoms with van der Waals surface area (Å²) in [5.41, 5.74) is 11.0. The highest BCUT2D eigenvalue weighted by molar-refractivity contribution is 6.15. The van der Waals surface area contributed by atoms with Crippen molar-refractivity contribution in [2.24, 2.45) is 0 Å². The largest absolute Gasteiger partial charge is 0.456 e. The first-order chi connectivity index (χ1) is 30.2. The van der Waals surface area contributed by atoms with Crippen LogP contribution in [0.1, 0.15) is 0 Å². The summed E-state index contributed by atoms with van der Waals surface area (Å²) in [7, 11) is 0. The maximum Gasteiger partial charge on any atom is 0.166 e. The Morgan fingerprint density at radius 1 is 0.328 bits per heavy atom. The van der Waals surface area contributed by atoms with E-state index in [4.69, 9.17) is 23.8 Å². The van der Waals surface area contributed by atoms with Gasteiger partial charge in [-0.25, -0.2) is 15.0 Å². The van der Waals surface area contributed by atoms with Crippen molar-refractivity contribution in [3.8, 4) is 51.0 Å². The third-order valence-electron chi connectivity index (χ3n) is 12.0. The van der Waals surface area contributed by atoms with Crippen molar-refractivity contribution in [1.29, 1.82) is 0 Å². The van der Waals surface area contributed by atoms with E-state index < -0.39 is 0 Å². The van der Waals surface area contributed by atoms with E-state index in [0.29, 0.717) is 17.5 Å². The predicted octanol–water partition coefficient (Wildman–Crippen LogP) is 14.6. The molecule has 13 aromatic rings. The smallest absolute Gasteiger partial charge is 0.166 e. The molecule has 0 radical (unpaired) electrons. The Morgan fingerprint density at radius 3 is 1.79 bits per heavy atom.